The van der Waals surface area contributed by atoms with Gasteiger partial charge in [0.1, 0.15) is 5.82 Å². The third-order valence-electron chi connectivity index (χ3n) is 3.56. The summed E-state index contributed by atoms with van der Waals surface area (Å²) >= 11 is 0. The van der Waals surface area contributed by atoms with E-state index in [0.717, 1.165) is 6.07 Å². The van der Waals surface area contributed by atoms with E-state index in [0.29, 0.717) is 16.3 Å². The van der Waals surface area contributed by atoms with Crippen molar-refractivity contribution in [3.63, 3.8) is 0 Å². The molecule has 0 aromatic heterocycles. The SMILES string of the molecule is NC(c1cccc(F)c1F)c1ccc(F)c2ccccc12. The minimum absolute atomic E-state index is 0.0479. The smallest absolute Gasteiger partial charge is 0.163 e. The second kappa shape index (κ2) is 5.22. The Hall–Kier alpha value is -2.33. The van der Waals surface area contributed by atoms with Crippen molar-refractivity contribution < 1.29 is 13.2 Å². The predicted octanol–water partition coefficient (Wildman–Crippen LogP) is 4.31. The van der Waals surface area contributed by atoms with Crippen LogP contribution in [0.15, 0.2) is 54.6 Å². The lowest BCUT2D eigenvalue weighted by molar-refractivity contribution is 0.494. The highest BCUT2D eigenvalue weighted by molar-refractivity contribution is 5.87. The van der Waals surface area contributed by atoms with Crippen LogP contribution in [0.1, 0.15) is 17.2 Å². The van der Waals surface area contributed by atoms with Gasteiger partial charge in [-0.05, 0) is 23.1 Å². The summed E-state index contributed by atoms with van der Waals surface area (Å²) < 4.78 is 41.0. The van der Waals surface area contributed by atoms with Crippen LogP contribution >= 0.6 is 0 Å². The summed E-state index contributed by atoms with van der Waals surface area (Å²) in [5.41, 5.74) is 6.67. The Morgan fingerprint density at radius 1 is 0.667 bits per heavy atom. The molecule has 0 saturated carbocycles. The highest BCUT2D eigenvalue weighted by Gasteiger charge is 2.19. The van der Waals surface area contributed by atoms with Crippen molar-refractivity contribution in [3.8, 4) is 0 Å². The quantitative estimate of drug-likeness (QED) is 0.747. The van der Waals surface area contributed by atoms with Gasteiger partial charge in [-0.15, -0.1) is 0 Å². The van der Waals surface area contributed by atoms with Gasteiger partial charge in [-0.25, -0.2) is 13.2 Å². The van der Waals surface area contributed by atoms with Crippen LogP contribution in [0.2, 0.25) is 0 Å². The molecule has 1 unspecified atom stereocenters. The molecule has 0 fully saturated rings. The Bertz CT molecular complexity index is 814. The Morgan fingerprint density at radius 3 is 2.14 bits per heavy atom. The number of hydrogen-bond acceptors (Lipinski definition) is 1. The highest BCUT2D eigenvalue weighted by Crippen LogP contribution is 2.30. The summed E-state index contributed by atoms with van der Waals surface area (Å²) in [6.45, 7) is 0. The molecule has 0 saturated heterocycles. The van der Waals surface area contributed by atoms with E-state index in [9.17, 15) is 13.2 Å². The second-order valence-corrected chi connectivity index (χ2v) is 4.80. The van der Waals surface area contributed by atoms with Crippen LogP contribution in [0, 0.1) is 17.5 Å². The van der Waals surface area contributed by atoms with E-state index in [-0.39, 0.29) is 11.4 Å². The molecule has 0 radical (unpaired) electrons. The average molecular weight is 287 g/mol. The van der Waals surface area contributed by atoms with Crippen molar-refractivity contribution in [1.82, 2.24) is 0 Å². The minimum atomic E-state index is -0.974. The molecule has 0 aliphatic rings. The number of nitrogens with two attached hydrogens (primary N) is 1. The average Bonchev–Trinajstić information content (AvgIpc) is 2.50. The number of hydrogen-bond donors (Lipinski definition) is 1. The van der Waals surface area contributed by atoms with Crippen LogP contribution < -0.4 is 5.73 Å². The van der Waals surface area contributed by atoms with Crippen LogP contribution in [0.5, 0.6) is 0 Å². The van der Waals surface area contributed by atoms with Gasteiger partial charge in [-0.1, -0.05) is 42.5 Å². The maximum absolute atomic E-state index is 13.9. The monoisotopic (exact) mass is 287 g/mol. The fourth-order valence-electron chi connectivity index (χ4n) is 2.49. The molecule has 4 heteroatoms. The molecular weight excluding hydrogens is 275 g/mol. The zero-order chi connectivity index (χ0) is 15.0. The molecule has 0 aliphatic heterocycles. The molecule has 3 aromatic rings. The fourth-order valence-corrected chi connectivity index (χ4v) is 2.49. The normalized spacial score (nSPS) is 12.6. The van der Waals surface area contributed by atoms with Crippen molar-refractivity contribution in [2.45, 2.75) is 6.04 Å². The summed E-state index contributed by atoms with van der Waals surface area (Å²) in [5, 5.41) is 0.996. The minimum Gasteiger partial charge on any atom is -0.320 e. The zero-order valence-corrected chi connectivity index (χ0v) is 11.0. The zero-order valence-electron chi connectivity index (χ0n) is 11.0. The van der Waals surface area contributed by atoms with Crippen molar-refractivity contribution >= 4 is 10.8 Å². The van der Waals surface area contributed by atoms with E-state index in [4.69, 9.17) is 5.73 Å². The topological polar surface area (TPSA) is 26.0 Å². The number of halogens is 3. The molecule has 106 valence electrons. The van der Waals surface area contributed by atoms with E-state index in [1.54, 1.807) is 24.3 Å². The molecule has 1 atom stereocenters. The molecule has 0 amide bonds. The molecule has 0 heterocycles. The van der Waals surface area contributed by atoms with Gasteiger partial charge in [0.15, 0.2) is 11.6 Å². The summed E-state index contributed by atoms with van der Waals surface area (Å²) in [6.07, 6.45) is 0. The lowest BCUT2D eigenvalue weighted by Crippen LogP contribution is -2.15. The summed E-state index contributed by atoms with van der Waals surface area (Å²) in [4.78, 5) is 0. The Kier molecular flexibility index (Phi) is 3.39. The van der Waals surface area contributed by atoms with Gasteiger partial charge in [0.05, 0.1) is 6.04 Å². The molecule has 0 aliphatic carbocycles. The van der Waals surface area contributed by atoms with Gasteiger partial charge in [0, 0.05) is 10.9 Å². The number of rotatable bonds is 2. The van der Waals surface area contributed by atoms with Gasteiger partial charge in [-0.2, -0.15) is 0 Å². The van der Waals surface area contributed by atoms with Crippen LogP contribution in [0.4, 0.5) is 13.2 Å². The van der Waals surface area contributed by atoms with E-state index < -0.39 is 17.7 Å². The van der Waals surface area contributed by atoms with Gasteiger partial charge >= 0.3 is 0 Å². The largest absolute Gasteiger partial charge is 0.320 e. The molecule has 0 bridgehead atoms. The van der Waals surface area contributed by atoms with E-state index in [1.807, 2.05) is 0 Å². The first-order valence-electron chi connectivity index (χ1n) is 6.46. The van der Waals surface area contributed by atoms with Gasteiger partial charge < -0.3 is 5.73 Å². The van der Waals surface area contributed by atoms with E-state index in [2.05, 4.69) is 0 Å². The first-order chi connectivity index (χ1) is 10.1. The number of fused-ring (bicyclic) bond motifs is 1. The van der Waals surface area contributed by atoms with E-state index in [1.165, 1.54) is 24.3 Å². The van der Waals surface area contributed by atoms with Crippen molar-refractivity contribution in [3.05, 3.63) is 83.2 Å². The van der Waals surface area contributed by atoms with E-state index >= 15 is 0 Å². The summed E-state index contributed by atoms with van der Waals surface area (Å²) in [5.74, 6) is -2.30. The van der Waals surface area contributed by atoms with Crippen molar-refractivity contribution in [2.75, 3.05) is 0 Å². The molecule has 21 heavy (non-hydrogen) atoms. The molecule has 0 spiro atoms. The van der Waals surface area contributed by atoms with Crippen molar-refractivity contribution in [2.24, 2.45) is 5.73 Å². The lowest BCUT2D eigenvalue weighted by Gasteiger charge is -2.16. The molecule has 3 rings (SSSR count). The standard InChI is InChI=1S/C17H12F3N/c18-14-9-8-12(10-4-1-2-5-11(10)14)17(21)13-6-3-7-15(19)16(13)20/h1-9,17H,21H2. The van der Waals surface area contributed by atoms with Gasteiger partial charge in [0.2, 0.25) is 0 Å². The summed E-state index contributed by atoms with van der Waals surface area (Å²) in [7, 11) is 0. The molecule has 1 nitrogen and oxygen atoms in total. The fraction of sp³-hybridized carbons (Fsp3) is 0.0588. The molecular formula is C17H12F3N. The Labute approximate surface area is 119 Å². The maximum atomic E-state index is 13.9. The second-order valence-electron chi connectivity index (χ2n) is 4.80. The highest BCUT2D eigenvalue weighted by atomic mass is 19.2. The number of benzene rings is 3. The van der Waals surface area contributed by atoms with Crippen LogP contribution in [-0.4, -0.2) is 0 Å². The Balaban J connectivity index is 2.21. The van der Waals surface area contributed by atoms with Gasteiger partial charge in [-0.3, -0.25) is 0 Å². The lowest BCUT2D eigenvalue weighted by atomic mass is 9.94. The van der Waals surface area contributed by atoms with Crippen LogP contribution in [-0.2, 0) is 0 Å². The Morgan fingerprint density at radius 2 is 1.38 bits per heavy atom. The van der Waals surface area contributed by atoms with Crippen LogP contribution in [0.25, 0.3) is 10.8 Å². The molecule has 3 aromatic carbocycles. The van der Waals surface area contributed by atoms with Crippen molar-refractivity contribution in [1.29, 1.82) is 0 Å². The van der Waals surface area contributed by atoms with Crippen LogP contribution in [0.3, 0.4) is 0 Å². The van der Waals surface area contributed by atoms with Gasteiger partial charge in [0.25, 0.3) is 0 Å². The maximum Gasteiger partial charge on any atom is 0.163 e. The third kappa shape index (κ3) is 2.28. The molecule has 2 N–H and O–H groups in total. The first kappa shape index (κ1) is 13.6. The third-order valence-corrected chi connectivity index (χ3v) is 3.56. The predicted molar refractivity (Wildman–Crippen MR) is 76.3 cm³/mol. The summed E-state index contributed by atoms with van der Waals surface area (Å²) in [6, 6.07) is 12.6. The first-order valence-corrected chi connectivity index (χ1v) is 6.46.